The van der Waals surface area contributed by atoms with Crippen molar-refractivity contribution in [1.29, 1.82) is 0 Å². The van der Waals surface area contributed by atoms with Gasteiger partial charge in [-0.3, -0.25) is 4.79 Å². The van der Waals surface area contributed by atoms with Crippen LogP contribution < -0.4 is 5.73 Å². The van der Waals surface area contributed by atoms with E-state index >= 15 is 0 Å². The molecule has 0 spiro atoms. The summed E-state index contributed by atoms with van der Waals surface area (Å²) < 4.78 is 5.59. The molecule has 148 valence electrons. The third-order valence-electron chi connectivity index (χ3n) is 9.66. The number of fused-ring (bicyclic) bond motifs is 5. The van der Waals surface area contributed by atoms with Gasteiger partial charge in [0.15, 0.2) is 0 Å². The minimum absolute atomic E-state index is 0.103. The highest BCUT2D eigenvalue weighted by Gasteiger charge is 2.60. The standard InChI is InChI=1S/C23H39NO2/c1-14(24)19-7-8-20-18-6-5-16-13-17(26-15(2)25)9-11-22(16,3)21(18)10-12-23(19,20)4/h14,16-21H,5-13,24H2,1-4H3/t14-,16-,17+,18-,19-,20+,21+,22-,23+/m0/s1. The van der Waals surface area contributed by atoms with E-state index < -0.39 is 0 Å². The van der Waals surface area contributed by atoms with Crippen molar-refractivity contribution in [3.8, 4) is 0 Å². The SMILES string of the molecule is CC(=O)O[C@@H]1CC[C@@]2(C)[C@@H](CC[C@@H]3[C@H]2CC[C@@]2(C)[C@@H]3CC[C@H]2[C@H](C)N)C1. The number of esters is 1. The summed E-state index contributed by atoms with van der Waals surface area (Å²) in [7, 11) is 0. The van der Waals surface area contributed by atoms with Crippen LogP contribution in [0.25, 0.3) is 0 Å². The van der Waals surface area contributed by atoms with Crippen LogP contribution in [-0.4, -0.2) is 18.1 Å². The van der Waals surface area contributed by atoms with Crippen molar-refractivity contribution in [3.63, 3.8) is 0 Å². The van der Waals surface area contributed by atoms with Crippen LogP contribution in [0.2, 0.25) is 0 Å². The molecule has 3 heteroatoms. The number of hydrogen-bond donors (Lipinski definition) is 1. The fourth-order valence-electron chi connectivity index (χ4n) is 8.46. The van der Waals surface area contributed by atoms with Crippen LogP contribution in [0.15, 0.2) is 0 Å². The molecule has 4 rings (SSSR count). The Labute approximate surface area is 159 Å². The summed E-state index contributed by atoms with van der Waals surface area (Å²) in [6.45, 7) is 8.95. The zero-order valence-corrected chi connectivity index (χ0v) is 17.3. The van der Waals surface area contributed by atoms with E-state index in [-0.39, 0.29) is 12.1 Å². The molecule has 0 amide bonds. The van der Waals surface area contributed by atoms with Crippen LogP contribution in [0.4, 0.5) is 0 Å². The van der Waals surface area contributed by atoms with Crippen molar-refractivity contribution in [2.24, 2.45) is 46.2 Å². The van der Waals surface area contributed by atoms with Crippen LogP contribution in [0.5, 0.6) is 0 Å². The summed E-state index contributed by atoms with van der Waals surface area (Å²) in [4.78, 5) is 11.4. The summed E-state index contributed by atoms with van der Waals surface area (Å²) in [6.07, 6.45) is 11.8. The predicted octanol–water partition coefficient (Wildman–Crippen LogP) is 4.92. The van der Waals surface area contributed by atoms with E-state index in [1.165, 1.54) is 44.9 Å². The fraction of sp³-hybridized carbons (Fsp3) is 0.957. The average molecular weight is 362 g/mol. The van der Waals surface area contributed by atoms with Crippen LogP contribution in [0.3, 0.4) is 0 Å². The highest BCUT2D eigenvalue weighted by atomic mass is 16.5. The zero-order chi connectivity index (χ0) is 18.7. The molecule has 4 aliphatic rings. The lowest BCUT2D eigenvalue weighted by Gasteiger charge is -2.61. The van der Waals surface area contributed by atoms with Gasteiger partial charge in [0.1, 0.15) is 6.10 Å². The molecule has 4 fully saturated rings. The summed E-state index contributed by atoms with van der Waals surface area (Å²) in [5.74, 6) is 4.04. The Hall–Kier alpha value is -0.570. The Morgan fingerprint density at radius 2 is 1.69 bits per heavy atom. The molecule has 0 saturated heterocycles. The molecule has 0 aromatic rings. The van der Waals surface area contributed by atoms with Gasteiger partial charge in [-0.15, -0.1) is 0 Å². The van der Waals surface area contributed by atoms with Crippen LogP contribution in [0, 0.1) is 40.4 Å². The number of rotatable bonds is 2. The lowest BCUT2D eigenvalue weighted by Crippen LogP contribution is -2.55. The normalized spacial score (nSPS) is 51.7. The lowest BCUT2D eigenvalue weighted by molar-refractivity contribution is -0.160. The number of nitrogens with two attached hydrogens (primary N) is 1. The topological polar surface area (TPSA) is 52.3 Å². The molecule has 2 N–H and O–H groups in total. The second kappa shape index (κ2) is 6.50. The Morgan fingerprint density at radius 1 is 1.00 bits per heavy atom. The first-order valence-corrected chi connectivity index (χ1v) is 11.2. The smallest absolute Gasteiger partial charge is 0.302 e. The maximum Gasteiger partial charge on any atom is 0.302 e. The third kappa shape index (κ3) is 2.75. The van der Waals surface area contributed by atoms with Crippen molar-refractivity contribution < 1.29 is 9.53 Å². The molecule has 0 unspecified atom stereocenters. The second-order valence-corrected chi connectivity index (χ2v) is 10.8. The largest absolute Gasteiger partial charge is 0.463 e. The van der Waals surface area contributed by atoms with Gasteiger partial charge in [-0.1, -0.05) is 13.8 Å². The van der Waals surface area contributed by atoms with Gasteiger partial charge >= 0.3 is 5.97 Å². The summed E-state index contributed by atoms with van der Waals surface area (Å²) in [5, 5.41) is 0. The molecule has 0 aliphatic heterocycles. The molecule has 0 bridgehead atoms. The fourth-order valence-corrected chi connectivity index (χ4v) is 8.46. The molecule has 0 aromatic heterocycles. The van der Waals surface area contributed by atoms with E-state index in [1.54, 1.807) is 6.92 Å². The molecule has 3 nitrogen and oxygen atoms in total. The summed E-state index contributed by atoms with van der Waals surface area (Å²) in [6, 6.07) is 0.340. The maximum absolute atomic E-state index is 11.4. The highest BCUT2D eigenvalue weighted by Crippen LogP contribution is 2.67. The first-order valence-electron chi connectivity index (χ1n) is 11.2. The van der Waals surface area contributed by atoms with Gasteiger partial charge in [-0.05, 0) is 105 Å². The summed E-state index contributed by atoms with van der Waals surface area (Å²) in [5.41, 5.74) is 7.35. The predicted molar refractivity (Wildman–Crippen MR) is 104 cm³/mol. The van der Waals surface area contributed by atoms with Gasteiger partial charge in [-0.25, -0.2) is 0 Å². The van der Waals surface area contributed by atoms with Gasteiger partial charge in [-0.2, -0.15) is 0 Å². The molecule has 0 radical (unpaired) electrons. The van der Waals surface area contributed by atoms with E-state index in [4.69, 9.17) is 10.5 Å². The van der Waals surface area contributed by atoms with E-state index in [0.29, 0.717) is 16.9 Å². The molecule has 26 heavy (non-hydrogen) atoms. The van der Waals surface area contributed by atoms with Gasteiger partial charge < -0.3 is 10.5 Å². The third-order valence-corrected chi connectivity index (χ3v) is 9.66. The molecule has 0 heterocycles. The van der Waals surface area contributed by atoms with Crippen molar-refractivity contribution in [2.75, 3.05) is 0 Å². The van der Waals surface area contributed by atoms with Crippen molar-refractivity contribution in [3.05, 3.63) is 0 Å². The van der Waals surface area contributed by atoms with E-state index in [2.05, 4.69) is 20.8 Å². The number of hydrogen-bond acceptors (Lipinski definition) is 3. The van der Waals surface area contributed by atoms with Crippen LogP contribution in [-0.2, 0) is 9.53 Å². The Kier molecular flexibility index (Phi) is 4.69. The zero-order valence-electron chi connectivity index (χ0n) is 17.3. The van der Waals surface area contributed by atoms with E-state index in [0.717, 1.165) is 42.4 Å². The summed E-state index contributed by atoms with van der Waals surface area (Å²) >= 11 is 0. The second-order valence-electron chi connectivity index (χ2n) is 10.8. The molecule has 4 saturated carbocycles. The van der Waals surface area contributed by atoms with Gasteiger partial charge in [0.05, 0.1) is 0 Å². The van der Waals surface area contributed by atoms with E-state index in [9.17, 15) is 4.79 Å². The minimum atomic E-state index is -0.103. The van der Waals surface area contributed by atoms with Gasteiger partial charge in [0.2, 0.25) is 0 Å². The lowest BCUT2D eigenvalue weighted by atomic mass is 9.44. The van der Waals surface area contributed by atoms with Gasteiger partial charge in [0, 0.05) is 13.0 Å². The number of carbonyl (C=O) groups excluding carboxylic acids is 1. The quantitative estimate of drug-likeness (QED) is 0.710. The molecular formula is C23H39NO2. The molecule has 9 atom stereocenters. The Morgan fingerprint density at radius 3 is 2.38 bits per heavy atom. The average Bonchev–Trinajstić information content (AvgIpc) is 2.92. The number of ether oxygens (including phenoxy) is 1. The Balaban J connectivity index is 1.53. The highest BCUT2D eigenvalue weighted by molar-refractivity contribution is 5.66. The minimum Gasteiger partial charge on any atom is -0.463 e. The first kappa shape index (κ1) is 18.8. The maximum atomic E-state index is 11.4. The Bertz CT molecular complexity index is 560. The molecule has 4 aliphatic carbocycles. The van der Waals surface area contributed by atoms with Gasteiger partial charge in [0.25, 0.3) is 0 Å². The van der Waals surface area contributed by atoms with Crippen molar-refractivity contribution in [2.45, 2.75) is 97.6 Å². The van der Waals surface area contributed by atoms with Crippen molar-refractivity contribution in [1.82, 2.24) is 0 Å². The van der Waals surface area contributed by atoms with E-state index in [1.807, 2.05) is 0 Å². The van der Waals surface area contributed by atoms with Crippen molar-refractivity contribution >= 4 is 5.97 Å². The van der Waals surface area contributed by atoms with Crippen LogP contribution >= 0.6 is 0 Å². The first-order chi connectivity index (χ1) is 12.3. The number of carbonyl (C=O) groups is 1. The van der Waals surface area contributed by atoms with Crippen LogP contribution in [0.1, 0.15) is 85.5 Å². The monoisotopic (exact) mass is 361 g/mol. The molecule has 0 aromatic carbocycles. The molecular weight excluding hydrogens is 322 g/mol.